The molecule has 1 amide bonds. The summed E-state index contributed by atoms with van der Waals surface area (Å²) in [7, 11) is -4.88. The van der Waals surface area contributed by atoms with Crippen molar-refractivity contribution in [1.82, 2.24) is 4.90 Å². The molecular formula is C59H87NO20P2. The number of aliphatic hydroxyl groups is 2. The van der Waals surface area contributed by atoms with Crippen LogP contribution in [-0.4, -0.2) is 154 Å². The summed E-state index contributed by atoms with van der Waals surface area (Å²) in [6, 6.07) is 3.37. The van der Waals surface area contributed by atoms with Gasteiger partial charge in [-0.15, -0.1) is 0 Å². The number of methoxy groups -OCH3 is 3. The number of rotatable bonds is 11. The Kier molecular flexibility index (Phi) is 25.4. The van der Waals surface area contributed by atoms with Crippen LogP contribution in [0.2, 0.25) is 0 Å². The number of ether oxygens (including phenoxy) is 7. The van der Waals surface area contributed by atoms with E-state index >= 15 is 0 Å². The lowest BCUT2D eigenvalue weighted by atomic mass is 9.78. The highest BCUT2D eigenvalue weighted by Gasteiger charge is 2.53. The predicted molar refractivity (Wildman–Crippen MR) is 303 cm³/mol. The highest BCUT2D eigenvalue weighted by Crippen LogP contribution is 2.54. The average Bonchev–Trinajstić information content (AvgIpc) is 3.37. The van der Waals surface area contributed by atoms with Crippen LogP contribution in [-0.2, 0) is 61.5 Å². The van der Waals surface area contributed by atoms with Crippen LogP contribution < -0.4 is 10.0 Å². The van der Waals surface area contributed by atoms with Crippen molar-refractivity contribution in [3.63, 3.8) is 0 Å². The normalized spacial score (nSPS) is 33.3. The molecule has 1 aromatic rings. The lowest BCUT2D eigenvalue weighted by Crippen LogP contribution is -2.61. The van der Waals surface area contributed by atoms with Gasteiger partial charge in [0.25, 0.3) is 11.7 Å². The fourth-order valence-corrected chi connectivity index (χ4v) is 14.8. The van der Waals surface area contributed by atoms with Gasteiger partial charge in [-0.25, -0.2) is 9.59 Å². The van der Waals surface area contributed by atoms with E-state index in [0.29, 0.717) is 57.8 Å². The molecule has 3 heterocycles. The third-order valence-corrected chi connectivity index (χ3v) is 20.6. The number of benzene rings is 1. The average molecular weight is 1190 g/mol. The highest BCUT2D eigenvalue weighted by molar-refractivity contribution is 7.77. The second kappa shape index (κ2) is 30.5. The Morgan fingerprint density at radius 3 is 2.18 bits per heavy atom. The summed E-state index contributed by atoms with van der Waals surface area (Å²) in [5.41, 5.74) is 1.07. The number of aliphatic hydroxyl groups excluding tert-OH is 1. The first-order valence-electron chi connectivity index (χ1n) is 28.4. The van der Waals surface area contributed by atoms with Crippen molar-refractivity contribution in [2.24, 2.45) is 35.5 Å². The number of amides is 1. The molecule has 2 bridgehead atoms. The molecule has 21 nitrogen and oxygen atoms in total. The van der Waals surface area contributed by atoms with E-state index in [1.165, 1.54) is 26.4 Å². The number of hydrogen-bond acceptors (Lipinski definition) is 17. The Morgan fingerprint density at radius 2 is 1.54 bits per heavy atom. The van der Waals surface area contributed by atoms with Crippen molar-refractivity contribution in [3.05, 3.63) is 71.9 Å². The van der Waals surface area contributed by atoms with E-state index in [2.05, 4.69) is 0 Å². The summed E-state index contributed by atoms with van der Waals surface area (Å²) in [6.45, 7) is 12.4. The number of Topliss-reactive ketones (excluding diaryl/α,β-unsaturated/α-hetero) is 3. The van der Waals surface area contributed by atoms with Crippen LogP contribution in [0.25, 0.3) is 0 Å². The molecule has 458 valence electrons. The zero-order chi connectivity index (χ0) is 60.9. The Labute approximate surface area is 481 Å². The van der Waals surface area contributed by atoms with Crippen molar-refractivity contribution in [2.45, 2.75) is 180 Å². The molecule has 3 aliphatic heterocycles. The maximum Gasteiger partial charge on any atom is 0.514 e. The number of carbonyl (C=O) groups is 6. The monoisotopic (exact) mass is 1190 g/mol. The van der Waals surface area contributed by atoms with Crippen LogP contribution >= 0.6 is 15.0 Å². The number of hydrogen-bond donors (Lipinski definition) is 5. The van der Waals surface area contributed by atoms with Gasteiger partial charge in [0, 0.05) is 63.8 Å². The number of carbonyl (C=O) groups excluding carboxylic acids is 6. The van der Waals surface area contributed by atoms with Crippen molar-refractivity contribution in [3.8, 4) is 5.75 Å². The number of esters is 1. The Morgan fingerprint density at radius 1 is 0.841 bits per heavy atom. The molecule has 1 aliphatic carbocycles. The molecule has 1 aromatic carbocycles. The van der Waals surface area contributed by atoms with Gasteiger partial charge in [0.15, 0.2) is 11.6 Å². The molecule has 2 saturated heterocycles. The van der Waals surface area contributed by atoms with Gasteiger partial charge in [0.2, 0.25) is 13.2 Å². The zero-order valence-electron chi connectivity index (χ0n) is 49.0. The summed E-state index contributed by atoms with van der Waals surface area (Å²) >= 11 is 0. The molecule has 5 N–H and O–H groups in total. The molecule has 3 fully saturated rings. The maximum atomic E-state index is 14.6. The van der Waals surface area contributed by atoms with Crippen molar-refractivity contribution < 1.29 is 95.9 Å². The van der Waals surface area contributed by atoms with E-state index in [4.69, 9.17) is 33.2 Å². The fourth-order valence-electron chi connectivity index (χ4n) is 11.6. The number of nitrogens with zero attached hydrogens (tertiary/aromatic N) is 1. The molecule has 5 rings (SSSR count). The minimum atomic E-state index is -4.82. The second-order valence-electron chi connectivity index (χ2n) is 23.0. The largest absolute Gasteiger partial charge is 0.514 e. The van der Waals surface area contributed by atoms with Gasteiger partial charge in [-0.05, 0) is 131 Å². The second-order valence-corrected chi connectivity index (χ2v) is 27.4. The summed E-state index contributed by atoms with van der Waals surface area (Å²) in [5, 5.41) is 23.4. The van der Waals surface area contributed by atoms with Gasteiger partial charge in [-0.1, -0.05) is 71.1 Å². The van der Waals surface area contributed by atoms with Crippen molar-refractivity contribution in [2.75, 3.05) is 33.8 Å². The number of cyclic esters (lactones) is 1. The van der Waals surface area contributed by atoms with Gasteiger partial charge in [-0.2, -0.15) is 0 Å². The number of piperidine rings is 1. The van der Waals surface area contributed by atoms with Crippen LogP contribution in [0.5, 0.6) is 5.75 Å². The van der Waals surface area contributed by atoms with Gasteiger partial charge >= 0.3 is 19.7 Å². The molecule has 16 atom stereocenters. The minimum Gasteiger partial charge on any atom is -0.460 e. The van der Waals surface area contributed by atoms with Crippen LogP contribution in [0.4, 0.5) is 4.79 Å². The van der Waals surface area contributed by atoms with E-state index in [-0.39, 0.29) is 60.1 Å². The SMILES string of the molecule is CO[C@H]1C[C@@H]2CC[C@@H](C)[C@@](O)(O2)C(=O)C(=O)N2CCCCC2C(=O)O[C@H]([C@H](C)C[C@@H]2CC[C@@H](OC(=O)Oc3ccc(P(=O)(O)CP(=O)(O)O)cc3)[C@H](OC)C2)CC(=O)C(C)=CC(C)[C@@H](O)[C@@H](OC)C(=O)[C@H](C)C[C@H](C)C=CC=CC=C1C. The van der Waals surface area contributed by atoms with Crippen LogP contribution in [0.3, 0.4) is 0 Å². The number of fused-ring (bicyclic) bond motifs is 3. The van der Waals surface area contributed by atoms with Gasteiger partial charge in [0.05, 0.1) is 24.4 Å². The van der Waals surface area contributed by atoms with E-state index in [1.54, 1.807) is 40.9 Å². The molecule has 0 spiro atoms. The van der Waals surface area contributed by atoms with Crippen molar-refractivity contribution >= 4 is 55.7 Å². The summed E-state index contributed by atoms with van der Waals surface area (Å²) in [5.74, 6) is -10.3. The fraction of sp³-hybridized carbons (Fsp3) is 0.661. The van der Waals surface area contributed by atoms with Gasteiger partial charge < -0.3 is 63.0 Å². The summed E-state index contributed by atoms with van der Waals surface area (Å²) in [6.07, 6.45) is 7.70. The lowest BCUT2D eigenvalue weighted by molar-refractivity contribution is -0.265. The smallest absolute Gasteiger partial charge is 0.460 e. The Bertz CT molecular complexity index is 2610. The molecule has 82 heavy (non-hydrogen) atoms. The third-order valence-electron chi connectivity index (χ3n) is 16.5. The quantitative estimate of drug-likeness (QED) is 0.0622. The Balaban J connectivity index is 1.40. The summed E-state index contributed by atoms with van der Waals surface area (Å²) < 4.78 is 64.6. The molecule has 0 aromatic heterocycles. The standard InChI is InChI=1S/C59H87NO20P2/c1-35-16-12-11-13-17-36(2)49(74-8)32-44-21-19-41(7)59(68,80-44)55(64)56(65)60-27-15-14-18-46(60)57(66)78-50(33-47(61)37(3)29-40(6)53(63)54(76-10)52(62)39(5)28-35)38(4)30-42-20-26-48(51(31-42)75-9)79-58(67)77-43-22-24-45(25-23-43)81(69,70)34-82(71,72)73/h11-13,16-17,22-25,29,35,38-42,44,46,48-51,53-54,63,68H,14-15,18-21,26-28,30-34H2,1-10H3,(H,69,70)(H2,71,72,73)/t35-,38-,39-,40?,41-,42+,44+,46?,48-,49+,50+,51-,53-,54+,59-/m1/s1. The minimum absolute atomic E-state index is 0.0127. The Hall–Kier alpha value is -4.50. The van der Waals surface area contributed by atoms with Gasteiger partial charge in [0.1, 0.15) is 36.0 Å². The molecule has 0 radical (unpaired) electrons. The van der Waals surface area contributed by atoms with E-state index in [1.807, 2.05) is 51.2 Å². The molecule has 3 unspecified atom stereocenters. The third kappa shape index (κ3) is 18.7. The predicted octanol–water partition coefficient (Wildman–Crippen LogP) is 7.43. The molecular weight excluding hydrogens is 1100 g/mol. The number of ketones is 3. The molecule has 4 aliphatic rings. The first-order valence-corrected chi connectivity index (χ1v) is 32.0. The molecule has 1 saturated carbocycles. The summed E-state index contributed by atoms with van der Waals surface area (Å²) in [4.78, 5) is 114. The van der Waals surface area contributed by atoms with Crippen LogP contribution in [0.1, 0.15) is 126 Å². The van der Waals surface area contributed by atoms with Gasteiger partial charge in [-0.3, -0.25) is 28.3 Å². The van der Waals surface area contributed by atoms with Crippen LogP contribution in [0, 0.1) is 35.5 Å². The lowest BCUT2D eigenvalue weighted by Gasteiger charge is -2.42. The highest BCUT2D eigenvalue weighted by atomic mass is 31.2. The van der Waals surface area contributed by atoms with Crippen LogP contribution in [0.15, 0.2) is 71.9 Å². The topological polar surface area (TPSA) is 306 Å². The first-order chi connectivity index (χ1) is 38.5. The van der Waals surface area contributed by atoms with E-state index < -0.39 is 129 Å². The number of allylic oxidation sites excluding steroid dienone is 6. The first kappa shape index (κ1) is 68.3. The molecule has 23 heteroatoms. The van der Waals surface area contributed by atoms with Crippen molar-refractivity contribution in [1.29, 1.82) is 0 Å². The van der Waals surface area contributed by atoms with E-state index in [9.17, 15) is 62.8 Å². The maximum absolute atomic E-state index is 14.6. The zero-order valence-corrected chi connectivity index (χ0v) is 50.7. The van der Waals surface area contributed by atoms with E-state index in [0.717, 1.165) is 22.6 Å².